The fourth-order valence-electron chi connectivity index (χ4n) is 4.15. The van der Waals surface area contributed by atoms with Crippen LogP contribution in [0.5, 0.6) is 0 Å². The quantitative estimate of drug-likeness (QED) is 0.359. The third-order valence-corrected chi connectivity index (χ3v) is 5.81. The number of nitrogens with one attached hydrogen (secondary N) is 2. The van der Waals surface area contributed by atoms with Gasteiger partial charge in [0, 0.05) is 57.4 Å². The Morgan fingerprint density at radius 2 is 1.77 bits per heavy atom. The van der Waals surface area contributed by atoms with Gasteiger partial charge in [0.1, 0.15) is 0 Å². The molecule has 1 saturated carbocycles. The van der Waals surface area contributed by atoms with Crippen LogP contribution >= 0.6 is 24.0 Å². The molecular formula is C19H38IN5O. The number of aliphatic imine (C=N–C) groups is 1. The molecule has 0 radical (unpaired) electrons. The molecule has 3 unspecified atom stereocenters. The first-order valence-electron chi connectivity index (χ1n) is 9.99. The average Bonchev–Trinajstić information content (AvgIpc) is 3.30. The minimum Gasteiger partial charge on any atom is -0.373 e. The van der Waals surface area contributed by atoms with Crippen LogP contribution in [0.15, 0.2) is 4.99 Å². The zero-order valence-corrected chi connectivity index (χ0v) is 19.5. The number of rotatable bonds is 5. The topological polar surface area (TPSA) is 52.1 Å². The molecule has 0 aromatic carbocycles. The van der Waals surface area contributed by atoms with E-state index in [1.54, 1.807) is 0 Å². The van der Waals surface area contributed by atoms with Crippen LogP contribution in [-0.4, -0.2) is 85.4 Å². The highest BCUT2D eigenvalue weighted by molar-refractivity contribution is 14.0. The van der Waals surface area contributed by atoms with Gasteiger partial charge < -0.3 is 15.4 Å². The zero-order valence-electron chi connectivity index (χ0n) is 17.1. The summed E-state index contributed by atoms with van der Waals surface area (Å²) in [6, 6.07) is 1.39. The van der Waals surface area contributed by atoms with E-state index < -0.39 is 0 Å². The van der Waals surface area contributed by atoms with Crippen LogP contribution in [0, 0.1) is 0 Å². The van der Waals surface area contributed by atoms with Crippen LogP contribution in [0.4, 0.5) is 0 Å². The van der Waals surface area contributed by atoms with E-state index in [2.05, 4.69) is 53.1 Å². The molecule has 2 N–H and O–H groups in total. The highest BCUT2D eigenvalue weighted by Crippen LogP contribution is 2.29. The van der Waals surface area contributed by atoms with Crippen molar-refractivity contribution in [2.75, 3.05) is 39.8 Å². The first-order valence-corrected chi connectivity index (χ1v) is 9.99. The van der Waals surface area contributed by atoms with Crippen molar-refractivity contribution in [2.45, 2.75) is 76.8 Å². The fraction of sp³-hybridized carbons (Fsp3) is 0.947. The van der Waals surface area contributed by atoms with Crippen LogP contribution in [0.3, 0.4) is 0 Å². The predicted molar refractivity (Wildman–Crippen MR) is 119 cm³/mol. The minimum absolute atomic E-state index is 0. The summed E-state index contributed by atoms with van der Waals surface area (Å²) in [7, 11) is 1.87. The summed E-state index contributed by atoms with van der Waals surface area (Å²) in [5, 5.41) is 7.19. The van der Waals surface area contributed by atoms with Crippen molar-refractivity contribution < 1.29 is 4.74 Å². The molecule has 2 aliphatic heterocycles. The maximum absolute atomic E-state index is 5.88. The van der Waals surface area contributed by atoms with Gasteiger partial charge in [-0.3, -0.25) is 14.8 Å². The first-order chi connectivity index (χ1) is 11.9. The number of nitrogens with zero attached hydrogens (tertiary/aromatic N) is 3. The van der Waals surface area contributed by atoms with Crippen LogP contribution in [0.25, 0.3) is 0 Å². The lowest BCUT2D eigenvalue weighted by molar-refractivity contribution is -0.0946. The molecule has 6 nitrogen and oxygen atoms in total. The highest BCUT2D eigenvalue weighted by atomic mass is 127. The van der Waals surface area contributed by atoms with Gasteiger partial charge in [-0.1, -0.05) is 0 Å². The first kappa shape index (κ1) is 22.2. The van der Waals surface area contributed by atoms with Gasteiger partial charge in [0.15, 0.2) is 5.96 Å². The van der Waals surface area contributed by atoms with Crippen molar-refractivity contribution in [3.05, 3.63) is 0 Å². The summed E-state index contributed by atoms with van der Waals surface area (Å²) in [5.74, 6) is 0.935. The average molecular weight is 479 g/mol. The van der Waals surface area contributed by atoms with Crippen molar-refractivity contribution >= 4 is 29.9 Å². The van der Waals surface area contributed by atoms with Crippen molar-refractivity contribution in [3.8, 4) is 0 Å². The van der Waals surface area contributed by atoms with E-state index in [0.29, 0.717) is 18.2 Å². The molecule has 3 rings (SSSR count). The summed E-state index contributed by atoms with van der Waals surface area (Å²) >= 11 is 0. The van der Waals surface area contributed by atoms with E-state index in [-0.39, 0.29) is 29.5 Å². The fourth-order valence-corrected chi connectivity index (χ4v) is 4.15. The summed E-state index contributed by atoms with van der Waals surface area (Å²) < 4.78 is 5.88. The lowest BCUT2D eigenvalue weighted by Gasteiger charge is -2.45. The molecule has 152 valence electrons. The van der Waals surface area contributed by atoms with Gasteiger partial charge in [-0.05, 0) is 47.0 Å². The Labute approximate surface area is 176 Å². The summed E-state index contributed by atoms with van der Waals surface area (Å²) in [4.78, 5) is 9.62. The monoisotopic (exact) mass is 479 g/mol. The minimum atomic E-state index is 0. The van der Waals surface area contributed by atoms with E-state index in [1.165, 1.54) is 25.8 Å². The largest absolute Gasteiger partial charge is 0.373 e. The van der Waals surface area contributed by atoms with Crippen molar-refractivity contribution in [1.29, 1.82) is 0 Å². The summed E-state index contributed by atoms with van der Waals surface area (Å²) in [5.41, 5.74) is 0.0691. The van der Waals surface area contributed by atoms with Crippen LogP contribution in [0.2, 0.25) is 0 Å². The van der Waals surface area contributed by atoms with Gasteiger partial charge >= 0.3 is 0 Å². The second kappa shape index (κ2) is 9.39. The molecule has 0 bridgehead atoms. The van der Waals surface area contributed by atoms with Crippen LogP contribution in [0.1, 0.15) is 47.0 Å². The normalized spacial score (nSPS) is 31.6. The van der Waals surface area contributed by atoms with Gasteiger partial charge in [0.2, 0.25) is 0 Å². The molecule has 2 heterocycles. The lowest BCUT2D eigenvalue weighted by atomic mass is 10.00. The molecular weight excluding hydrogens is 441 g/mol. The Morgan fingerprint density at radius 3 is 2.35 bits per heavy atom. The molecule has 26 heavy (non-hydrogen) atoms. The van der Waals surface area contributed by atoms with Crippen LogP contribution in [-0.2, 0) is 4.74 Å². The predicted octanol–water partition coefficient (Wildman–Crippen LogP) is 1.89. The van der Waals surface area contributed by atoms with Crippen LogP contribution < -0.4 is 10.6 Å². The number of ether oxygens (including phenoxy) is 1. The molecule has 7 heteroatoms. The molecule has 3 fully saturated rings. The van der Waals surface area contributed by atoms with Gasteiger partial charge in [-0.25, -0.2) is 0 Å². The van der Waals surface area contributed by atoms with Gasteiger partial charge in [0.25, 0.3) is 0 Å². The zero-order chi connectivity index (χ0) is 18.0. The number of guanidine groups is 1. The second-order valence-corrected chi connectivity index (χ2v) is 8.76. The van der Waals surface area contributed by atoms with E-state index >= 15 is 0 Å². The van der Waals surface area contributed by atoms with E-state index in [4.69, 9.17) is 4.74 Å². The second-order valence-electron chi connectivity index (χ2n) is 8.76. The molecule has 0 aromatic heterocycles. The molecule has 0 aromatic rings. The molecule has 0 amide bonds. The Balaban J connectivity index is 0.00000243. The van der Waals surface area contributed by atoms with Gasteiger partial charge in [-0.15, -0.1) is 24.0 Å². The molecule has 3 atom stereocenters. The molecule has 0 spiro atoms. The SMILES string of the molecule is CN=C(NCC(C)(C)N1CC(C)OC(C)C1)NC1CCN(C2CC2)C1.I. The smallest absolute Gasteiger partial charge is 0.191 e. The lowest BCUT2D eigenvalue weighted by Crippen LogP contribution is -2.59. The molecule has 3 aliphatic rings. The van der Waals surface area contributed by atoms with Crippen molar-refractivity contribution in [1.82, 2.24) is 20.4 Å². The maximum Gasteiger partial charge on any atom is 0.191 e. The number of hydrogen-bond acceptors (Lipinski definition) is 4. The Bertz CT molecular complexity index is 473. The van der Waals surface area contributed by atoms with Gasteiger partial charge in [0.05, 0.1) is 12.2 Å². The summed E-state index contributed by atoms with van der Waals surface area (Å²) in [6.07, 6.45) is 4.60. The Morgan fingerprint density at radius 1 is 1.12 bits per heavy atom. The maximum atomic E-state index is 5.88. The Hall–Kier alpha value is -0.120. The van der Waals surface area contributed by atoms with E-state index in [9.17, 15) is 0 Å². The van der Waals surface area contributed by atoms with Crippen molar-refractivity contribution in [3.63, 3.8) is 0 Å². The standard InChI is InChI=1S/C19H37N5O.HI/c1-14-10-24(11-15(2)25-14)19(3,4)13-21-18(20-5)22-16-8-9-23(12-16)17-6-7-17;/h14-17H,6-13H2,1-5H3,(H2,20,21,22);1H. The van der Waals surface area contributed by atoms with Gasteiger partial charge in [-0.2, -0.15) is 0 Å². The third-order valence-electron chi connectivity index (χ3n) is 5.81. The number of morpholine rings is 1. The molecule has 2 saturated heterocycles. The summed E-state index contributed by atoms with van der Waals surface area (Å²) in [6.45, 7) is 14.2. The number of likely N-dealkylation sites (tertiary alicyclic amines) is 1. The van der Waals surface area contributed by atoms with E-state index in [1.807, 2.05) is 7.05 Å². The third kappa shape index (κ3) is 5.94. The van der Waals surface area contributed by atoms with E-state index in [0.717, 1.165) is 38.2 Å². The molecule has 1 aliphatic carbocycles. The number of hydrogen-bond donors (Lipinski definition) is 2. The Kier molecular flexibility index (Phi) is 8.00. The van der Waals surface area contributed by atoms with Crippen molar-refractivity contribution in [2.24, 2.45) is 4.99 Å². The number of halogens is 1. The highest BCUT2D eigenvalue weighted by Gasteiger charge is 2.35.